The van der Waals surface area contributed by atoms with E-state index in [0.717, 1.165) is 14.6 Å². The molecule has 13 heavy (non-hydrogen) atoms. The first-order valence-electron chi connectivity index (χ1n) is 3.72. The maximum atomic E-state index is 9.69. The molecule has 0 aliphatic rings. The third-order valence-electron chi connectivity index (χ3n) is 1.91. The molecule has 0 spiro atoms. The zero-order chi connectivity index (χ0) is 9.42. The standard InChI is InChI=1S/C9H7BrO2S/c10-7-3-5(4-11)8(12)9-6(7)1-2-13-9/h1-3,11-12H,4H2. The molecule has 0 fully saturated rings. The summed E-state index contributed by atoms with van der Waals surface area (Å²) in [6.45, 7) is -0.141. The lowest BCUT2D eigenvalue weighted by molar-refractivity contribution is 0.276. The molecule has 2 N–H and O–H groups in total. The van der Waals surface area contributed by atoms with Crippen LogP contribution in [0.15, 0.2) is 22.0 Å². The molecule has 0 bridgehead atoms. The van der Waals surface area contributed by atoms with Crippen molar-refractivity contribution < 1.29 is 10.2 Å². The Bertz CT molecular complexity index is 450. The number of thiophene rings is 1. The van der Waals surface area contributed by atoms with Gasteiger partial charge in [0.1, 0.15) is 5.75 Å². The Balaban J connectivity index is 2.85. The van der Waals surface area contributed by atoms with Gasteiger partial charge in [0, 0.05) is 15.4 Å². The minimum atomic E-state index is -0.141. The Morgan fingerprint density at radius 1 is 1.46 bits per heavy atom. The van der Waals surface area contributed by atoms with Gasteiger partial charge in [-0.3, -0.25) is 0 Å². The molecular weight excluding hydrogens is 252 g/mol. The van der Waals surface area contributed by atoms with Gasteiger partial charge in [-0.05, 0) is 17.5 Å². The Labute approximate surface area is 87.6 Å². The first-order chi connectivity index (χ1) is 6.24. The second-order valence-electron chi connectivity index (χ2n) is 2.69. The molecule has 1 aromatic heterocycles. The third kappa shape index (κ3) is 1.35. The highest BCUT2D eigenvalue weighted by atomic mass is 79.9. The van der Waals surface area contributed by atoms with Gasteiger partial charge in [0.05, 0.1) is 11.3 Å². The van der Waals surface area contributed by atoms with Gasteiger partial charge in [0.2, 0.25) is 0 Å². The van der Waals surface area contributed by atoms with Crippen LogP contribution in [0.5, 0.6) is 5.75 Å². The van der Waals surface area contributed by atoms with Crippen LogP contribution in [0.2, 0.25) is 0 Å². The lowest BCUT2D eigenvalue weighted by Gasteiger charge is -2.03. The number of aliphatic hydroxyl groups is 1. The smallest absolute Gasteiger partial charge is 0.138 e. The number of benzene rings is 1. The Hall–Kier alpha value is -0.580. The molecule has 4 heteroatoms. The first-order valence-corrected chi connectivity index (χ1v) is 5.39. The fourth-order valence-corrected chi connectivity index (χ4v) is 2.87. The van der Waals surface area contributed by atoms with Crippen LogP contribution in [0.4, 0.5) is 0 Å². The van der Waals surface area contributed by atoms with Gasteiger partial charge >= 0.3 is 0 Å². The molecule has 2 nitrogen and oxygen atoms in total. The lowest BCUT2D eigenvalue weighted by Crippen LogP contribution is -1.84. The molecule has 1 aromatic carbocycles. The van der Waals surface area contributed by atoms with Gasteiger partial charge in [0.25, 0.3) is 0 Å². The van der Waals surface area contributed by atoms with E-state index >= 15 is 0 Å². The minimum absolute atomic E-state index is 0.141. The van der Waals surface area contributed by atoms with Crippen LogP contribution < -0.4 is 0 Å². The largest absolute Gasteiger partial charge is 0.506 e. The van der Waals surface area contributed by atoms with Crippen molar-refractivity contribution in [3.63, 3.8) is 0 Å². The monoisotopic (exact) mass is 258 g/mol. The van der Waals surface area contributed by atoms with E-state index in [4.69, 9.17) is 5.11 Å². The molecule has 68 valence electrons. The van der Waals surface area contributed by atoms with E-state index in [1.54, 1.807) is 6.07 Å². The molecule has 0 atom stereocenters. The van der Waals surface area contributed by atoms with Gasteiger partial charge < -0.3 is 10.2 Å². The molecule has 1 heterocycles. The number of aliphatic hydroxyl groups excluding tert-OH is 1. The summed E-state index contributed by atoms with van der Waals surface area (Å²) >= 11 is 4.85. The summed E-state index contributed by atoms with van der Waals surface area (Å²) in [4.78, 5) is 0. The van der Waals surface area contributed by atoms with Crippen molar-refractivity contribution >= 4 is 37.4 Å². The van der Waals surface area contributed by atoms with E-state index in [9.17, 15) is 5.11 Å². The van der Waals surface area contributed by atoms with Crippen molar-refractivity contribution in [3.8, 4) is 5.75 Å². The highest BCUT2D eigenvalue weighted by molar-refractivity contribution is 9.10. The third-order valence-corrected chi connectivity index (χ3v) is 3.49. The van der Waals surface area contributed by atoms with Crippen molar-refractivity contribution in [1.29, 1.82) is 0 Å². The summed E-state index contributed by atoms with van der Waals surface area (Å²) in [5.74, 6) is 0.190. The first kappa shape index (κ1) is 8.99. The Morgan fingerprint density at radius 2 is 2.23 bits per heavy atom. The van der Waals surface area contributed by atoms with Crippen LogP contribution in [0.1, 0.15) is 5.56 Å². The van der Waals surface area contributed by atoms with Crippen molar-refractivity contribution in [3.05, 3.63) is 27.5 Å². The van der Waals surface area contributed by atoms with Crippen LogP contribution in [0, 0.1) is 0 Å². The number of halogens is 1. The average Bonchev–Trinajstić information content (AvgIpc) is 2.60. The predicted molar refractivity (Wildman–Crippen MR) is 57.1 cm³/mol. The summed E-state index contributed by atoms with van der Waals surface area (Å²) in [6, 6.07) is 3.68. The summed E-state index contributed by atoms with van der Waals surface area (Å²) in [6.07, 6.45) is 0. The highest BCUT2D eigenvalue weighted by Crippen LogP contribution is 2.37. The SMILES string of the molecule is OCc1cc(Br)c2ccsc2c1O. The summed E-state index contributed by atoms with van der Waals surface area (Å²) in [5, 5.41) is 21.6. The van der Waals surface area contributed by atoms with Crippen molar-refractivity contribution in [2.75, 3.05) is 0 Å². The zero-order valence-corrected chi connectivity index (χ0v) is 9.02. The van der Waals surface area contributed by atoms with Gasteiger partial charge in [-0.2, -0.15) is 0 Å². The lowest BCUT2D eigenvalue weighted by atomic mass is 10.1. The quantitative estimate of drug-likeness (QED) is 0.826. The average molecular weight is 259 g/mol. The Morgan fingerprint density at radius 3 is 2.92 bits per heavy atom. The maximum Gasteiger partial charge on any atom is 0.138 e. The molecule has 0 radical (unpaired) electrons. The van der Waals surface area contributed by atoms with E-state index < -0.39 is 0 Å². The molecule has 0 aliphatic carbocycles. The zero-order valence-electron chi connectivity index (χ0n) is 6.62. The van der Waals surface area contributed by atoms with Gasteiger partial charge in [-0.25, -0.2) is 0 Å². The van der Waals surface area contributed by atoms with E-state index in [0.29, 0.717) is 5.56 Å². The number of phenols is 1. The number of rotatable bonds is 1. The van der Waals surface area contributed by atoms with Gasteiger partial charge in [0.15, 0.2) is 0 Å². The maximum absolute atomic E-state index is 9.69. The van der Waals surface area contributed by atoms with E-state index in [1.165, 1.54) is 11.3 Å². The molecule has 0 amide bonds. The highest BCUT2D eigenvalue weighted by Gasteiger charge is 2.09. The summed E-state index contributed by atoms with van der Waals surface area (Å²) in [7, 11) is 0. The van der Waals surface area contributed by atoms with Gasteiger partial charge in [-0.15, -0.1) is 11.3 Å². The molecule has 0 saturated heterocycles. The van der Waals surface area contributed by atoms with E-state index in [-0.39, 0.29) is 12.4 Å². The molecule has 2 rings (SSSR count). The van der Waals surface area contributed by atoms with Gasteiger partial charge in [-0.1, -0.05) is 15.9 Å². The fraction of sp³-hybridized carbons (Fsp3) is 0.111. The van der Waals surface area contributed by atoms with Crippen molar-refractivity contribution in [2.45, 2.75) is 6.61 Å². The second-order valence-corrected chi connectivity index (χ2v) is 4.46. The topological polar surface area (TPSA) is 40.5 Å². The second kappa shape index (κ2) is 3.29. The number of fused-ring (bicyclic) bond motifs is 1. The van der Waals surface area contributed by atoms with E-state index in [2.05, 4.69) is 15.9 Å². The molecule has 2 aromatic rings. The number of hydrogen-bond acceptors (Lipinski definition) is 3. The van der Waals surface area contributed by atoms with Crippen LogP contribution >= 0.6 is 27.3 Å². The molecule has 0 saturated carbocycles. The van der Waals surface area contributed by atoms with Crippen LogP contribution in [0.3, 0.4) is 0 Å². The van der Waals surface area contributed by atoms with Crippen molar-refractivity contribution in [2.24, 2.45) is 0 Å². The summed E-state index contributed by atoms with van der Waals surface area (Å²) < 4.78 is 1.73. The van der Waals surface area contributed by atoms with E-state index in [1.807, 2.05) is 11.4 Å². The number of hydrogen-bond donors (Lipinski definition) is 2. The molecule has 0 aliphatic heterocycles. The Kier molecular flexibility index (Phi) is 2.27. The van der Waals surface area contributed by atoms with Crippen LogP contribution in [-0.2, 0) is 6.61 Å². The molecule has 0 unspecified atom stereocenters. The predicted octanol–water partition coefficient (Wildman–Crippen LogP) is 2.86. The van der Waals surface area contributed by atoms with Crippen LogP contribution in [0.25, 0.3) is 10.1 Å². The minimum Gasteiger partial charge on any atom is -0.506 e. The van der Waals surface area contributed by atoms with Crippen LogP contribution in [-0.4, -0.2) is 10.2 Å². The fourth-order valence-electron chi connectivity index (χ4n) is 1.25. The number of aromatic hydroxyl groups is 1. The molecular formula is C9H7BrO2S. The van der Waals surface area contributed by atoms with Crippen molar-refractivity contribution in [1.82, 2.24) is 0 Å². The summed E-state index contributed by atoms with van der Waals surface area (Å²) in [5.41, 5.74) is 0.557. The normalized spacial score (nSPS) is 10.9.